The number of amides is 3. The van der Waals surface area contributed by atoms with Gasteiger partial charge in [-0.3, -0.25) is 9.59 Å². The van der Waals surface area contributed by atoms with E-state index in [-0.39, 0.29) is 30.0 Å². The van der Waals surface area contributed by atoms with E-state index < -0.39 is 0 Å². The summed E-state index contributed by atoms with van der Waals surface area (Å²) in [5, 5.41) is 0.611. The molecule has 0 aromatic heterocycles. The molecular weight excluding hydrogens is 538 g/mol. The van der Waals surface area contributed by atoms with Crippen LogP contribution in [0.3, 0.4) is 0 Å². The summed E-state index contributed by atoms with van der Waals surface area (Å²) in [6.07, 6.45) is 2.08. The highest BCUT2D eigenvalue weighted by molar-refractivity contribution is 6.30. The minimum Gasteiger partial charge on any atom is -0.450 e. The second-order valence-electron chi connectivity index (χ2n) is 10.8. The van der Waals surface area contributed by atoms with E-state index in [9.17, 15) is 14.4 Å². The molecule has 3 amide bonds. The number of para-hydroxylation sites is 1. The summed E-state index contributed by atoms with van der Waals surface area (Å²) in [7, 11) is 0. The van der Waals surface area contributed by atoms with Gasteiger partial charge in [0.05, 0.1) is 12.6 Å². The van der Waals surface area contributed by atoms with E-state index in [0.717, 1.165) is 29.8 Å². The van der Waals surface area contributed by atoms with Gasteiger partial charge in [-0.2, -0.15) is 0 Å². The van der Waals surface area contributed by atoms with Crippen molar-refractivity contribution in [2.45, 2.75) is 58.0 Å². The van der Waals surface area contributed by atoms with Crippen LogP contribution in [0.5, 0.6) is 0 Å². The number of rotatable bonds is 5. The van der Waals surface area contributed by atoms with Crippen molar-refractivity contribution in [1.29, 1.82) is 0 Å². The van der Waals surface area contributed by atoms with Crippen molar-refractivity contribution in [3.63, 3.8) is 0 Å². The van der Waals surface area contributed by atoms with Crippen LogP contribution in [0.25, 0.3) is 0 Å². The van der Waals surface area contributed by atoms with Crippen LogP contribution in [0.1, 0.15) is 73.5 Å². The average Bonchev–Trinajstić information content (AvgIpc) is 2.98. The molecule has 214 valence electrons. The minimum atomic E-state index is -0.246. The fourth-order valence-electron chi connectivity index (χ4n) is 6.17. The molecule has 1 fully saturated rings. The van der Waals surface area contributed by atoms with E-state index >= 15 is 0 Å². The monoisotopic (exact) mass is 573 g/mol. The van der Waals surface area contributed by atoms with E-state index in [1.165, 1.54) is 5.56 Å². The molecule has 0 spiro atoms. The molecule has 0 N–H and O–H groups in total. The lowest BCUT2D eigenvalue weighted by Crippen LogP contribution is -2.47. The molecule has 2 heterocycles. The minimum absolute atomic E-state index is 0.0621. The van der Waals surface area contributed by atoms with Crippen LogP contribution in [-0.4, -0.2) is 48.5 Å². The topological polar surface area (TPSA) is 70.2 Å². The fourth-order valence-corrected chi connectivity index (χ4v) is 6.29. The molecule has 3 aromatic carbocycles. The first-order valence-electron chi connectivity index (χ1n) is 14.3. The van der Waals surface area contributed by atoms with Crippen molar-refractivity contribution >= 4 is 40.9 Å². The number of ether oxygens (including phenoxy) is 1. The third-order valence-corrected chi connectivity index (χ3v) is 8.44. The van der Waals surface area contributed by atoms with Crippen LogP contribution >= 0.6 is 11.6 Å². The Morgan fingerprint density at radius 3 is 2.24 bits per heavy atom. The van der Waals surface area contributed by atoms with Crippen LogP contribution in [0, 0.1) is 0 Å². The van der Waals surface area contributed by atoms with E-state index in [1.807, 2.05) is 79.4 Å². The van der Waals surface area contributed by atoms with Gasteiger partial charge in [0.25, 0.3) is 5.91 Å². The number of benzene rings is 3. The number of anilines is 2. The van der Waals surface area contributed by atoms with Crippen LogP contribution in [0.2, 0.25) is 5.02 Å². The van der Waals surface area contributed by atoms with Gasteiger partial charge in [0.2, 0.25) is 5.91 Å². The molecule has 0 aliphatic carbocycles. The second-order valence-corrected chi connectivity index (χ2v) is 11.2. The largest absolute Gasteiger partial charge is 0.450 e. The summed E-state index contributed by atoms with van der Waals surface area (Å²) >= 11 is 6.11. The Balaban J connectivity index is 1.36. The summed E-state index contributed by atoms with van der Waals surface area (Å²) in [5.74, 6) is 0.210. The molecule has 1 saturated heterocycles. The molecule has 41 heavy (non-hydrogen) atoms. The van der Waals surface area contributed by atoms with Gasteiger partial charge in [-0.25, -0.2) is 4.79 Å². The van der Waals surface area contributed by atoms with Gasteiger partial charge < -0.3 is 19.4 Å². The van der Waals surface area contributed by atoms with E-state index in [1.54, 1.807) is 28.9 Å². The summed E-state index contributed by atoms with van der Waals surface area (Å²) < 4.78 is 5.13. The Bertz CT molecular complexity index is 1400. The predicted molar refractivity (Wildman–Crippen MR) is 162 cm³/mol. The van der Waals surface area contributed by atoms with Crippen LogP contribution in [0.4, 0.5) is 16.2 Å². The molecule has 0 saturated carbocycles. The maximum atomic E-state index is 13.9. The molecular formula is C33H36ClN3O4. The Morgan fingerprint density at radius 2 is 1.61 bits per heavy atom. The van der Waals surface area contributed by atoms with Gasteiger partial charge in [-0.15, -0.1) is 0 Å². The average molecular weight is 574 g/mol. The standard InChI is InChI=1S/C33H36ClN3O4/c1-4-41-33(40)35-19-17-25(18-20-35)24-9-11-26(12-10-24)32(39)36-22(2)21-31(29-7-5-6-8-30(29)36)37(23(3)38)28-15-13-27(34)14-16-28/h5-16,22,25,31H,4,17-21H2,1-3H3/t22-,31?/m0/s1. The molecule has 8 heteroatoms. The van der Waals surface area contributed by atoms with E-state index in [0.29, 0.717) is 42.6 Å². The smallest absolute Gasteiger partial charge is 0.409 e. The number of nitrogens with zero attached hydrogens (tertiary/aromatic N) is 3. The van der Waals surface area contributed by atoms with Gasteiger partial charge in [0.1, 0.15) is 0 Å². The molecule has 0 bridgehead atoms. The highest BCUT2D eigenvalue weighted by Gasteiger charge is 2.38. The predicted octanol–water partition coefficient (Wildman–Crippen LogP) is 7.21. The maximum Gasteiger partial charge on any atom is 0.409 e. The first kappa shape index (κ1) is 28.7. The van der Waals surface area contributed by atoms with Gasteiger partial charge in [-0.05, 0) is 92.6 Å². The number of hydrogen-bond acceptors (Lipinski definition) is 4. The normalized spacial score (nSPS) is 18.9. The Kier molecular flexibility index (Phi) is 8.64. The lowest BCUT2D eigenvalue weighted by atomic mass is 9.88. The molecule has 2 aliphatic heterocycles. The van der Waals surface area contributed by atoms with E-state index in [2.05, 4.69) is 0 Å². The van der Waals surface area contributed by atoms with Gasteiger partial charge in [-0.1, -0.05) is 41.9 Å². The molecule has 2 aliphatic rings. The lowest BCUT2D eigenvalue weighted by Gasteiger charge is -2.43. The molecule has 0 radical (unpaired) electrons. The number of carbonyl (C=O) groups excluding carboxylic acids is 3. The quantitative estimate of drug-likeness (QED) is 0.323. The summed E-state index contributed by atoms with van der Waals surface area (Å²) in [6, 6.07) is 22.7. The summed E-state index contributed by atoms with van der Waals surface area (Å²) in [6.45, 7) is 7.14. The fraction of sp³-hybridized carbons (Fsp3) is 0.364. The highest BCUT2D eigenvalue weighted by atomic mass is 35.5. The van der Waals surface area contributed by atoms with Gasteiger partial charge >= 0.3 is 6.09 Å². The number of fused-ring (bicyclic) bond motifs is 1. The van der Waals surface area contributed by atoms with Crippen molar-refractivity contribution in [1.82, 2.24) is 4.90 Å². The van der Waals surface area contributed by atoms with Crippen LogP contribution < -0.4 is 9.80 Å². The molecule has 7 nitrogen and oxygen atoms in total. The Labute approximate surface area is 246 Å². The third kappa shape index (κ3) is 5.96. The number of piperidine rings is 1. The first-order valence-corrected chi connectivity index (χ1v) is 14.7. The first-order chi connectivity index (χ1) is 19.8. The number of likely N-dealkylation sites (tertiary alicyclic amines) is 1. The van der Waals surface area contributed by atoms with Crippen LogP contribution in [0.15, 0.2) is 72.8 Å². The van der Waals surface area contributed by atoms with Gasteiger partial charge in [0, 0.05) is 48.0 Å². The van der Waals surface area contributed by atoms with Crippen molar-refractivity contribution in [3.8, 4) is 0 Å². The van der Waals surface area contributed by atoms with Crippen LogP contribution in [-0.2, 0) is 9.53 Å². The second kappa shape index (κ2) is 12.4. The van der Waals surface area contributed by atoms with Crippen molar-refractivity contribution in [3.05, 3.63) is 94.5 Å². The lowest BCUT2D eigenvalue weighted by molar-refractivity contribution is -0.117. The molecule has 5 rings (SSSR count). The van der Waals surface area contributed by atoms with Crippen molar-refractivity contribution in [2.24, 2.45) is 0 Å². The Morgan fingerprint density at radius 1 is 0.951 bits per heavy atom. The SMILES string of the molecule is CCOC(=O)N1CCC(c2ccc(C(=O)N3c4ccccc4C(N(C(C)=O)c4ccc(Cl)cc4)C[C@@H]3C)cc2)CC1. The molecule has 2 atom stereocenters. The van der Waals surface area contributed by atoms with Crippen molar-refractivity contribution in [2.75, 3.05) is 29.5 Å². The van der Waals surface area contributed by atoms with Gasteiger partial charge in [0.15, 0.2) is 0 Å². The Hall–Kier alpha value is -3.84. The third-order valence-electron chi connectivity index (χ3n) is 8.18. The maximum absolute atomic E-state index is 13.9. The number of halogens is 1. The van der Waals surface area contributed by atoms with E-state index in [4.69, 9.17) is 16.3 Å². The zero-order valence-corrected chi connectivity index (χ0v) is 24.5. The number of carbonyl (C=O) groups is 3. The van der Waals surface area contributed by atoms with Crippen molar-refractivity contribution < 1.29 is 19.1 Å². The highest BCUT2D eigenvalue weighted by Crippen LogP contribution is 2.43. The number of hydrogen-bond donors (Lipinski definition) is 0. The molecule has 1 unspecified atom stereocenters. The summed E-state index contributed by atoms with van der Waals surface area (Å²) in [4.78, 5) is 44.3. The zero-order valence-electron chi connectivity index (χ0n) is 23.8. The molecule has 3 aromatic rings. The summed E-state index contributed by atoms with van der Waals surface area (Å²) in [5.41, 5.74) is 4.33. The zero-order chi connectivity index (χ0) is 29.1.